The maximum atomic E-state index is 11.8. The summed E-state index contributed by atoms with van der Waals surface area (Å²) in [5.41, 5.74) is 2.12. The molecule has 0 saturated heterocycles. The lowest BCUT2D eigenvalue weighted by molar-refractivity contribution is 0.0954. The number of alkyl halides is 1. The minimum absolute atomic E-state index is 0.0937. The summed E-state index contributed by atoms with van der Waals surface area (Å²) in [6.45, 7) is 2.57. The summed E-state index contributed by atoms with van der Waals surface area (Å²) in [6.07, 6.45) is 3.25. The van der Waals surface area contributed by atoms with E-state index >= 15 is 0 Å². The molecule has 0 radical (unpaired) electrons. The van der Waals surface area contributed by atoms with Crippen LogP contribution >= 0.6 is 15.9 Å². The fourth-order valence-electron chi connectivity index (χ4n) is 1.44. The smallest absolute Gasteiger partial charge is 0.251 e. The third kappa shape index (κ3) is 3.00. The van der Waals surface area contributed by atoms with Gasteiger partial charge in [-0.1, -0.05) is 22.9 Å². The van der Waals surface area contributed by atoms with Gasteiger partial charge < -0.3 is 5.32 Å². The third-order valence-corrected chi connectivity index (χ3v) is 2.60. The van der Waals surface area contributed by atoms with E-state index in [1.54, 1.807) is 30.6 Å². The minimum Gasteiger partial charge on any atom is -0.351 e. The Bertz CT molecular complexity index is 542. The molecule has 2 aromatic rings. The van der Waals surface area contributed by atoms with Crippen molar-refractivity contribution < 1.29 is 4.79 Å². The van der Waals surface area contributed by atoms with E-state index in [-0.39, 0.29) is 10.7 Å². The van der Waals surface area contributed by atoms with Crippen molar-refractivity contribution in [1.82, 2.24) is 15.3 Å². The summed E-state index contributed by atoms with van der Waals surface area (Å²) in [5.74, 6) is -0.0937. The second-order valence-electron chi connectivity index (χ2n) is 3.75. The highest BCUT2D eigenvalue weighted by Crippen LogP contribution is 2.10. The van der Waals surface area contributed by atoms with E-state index in [0.717, 1.165) is 11.0 Å². The fourth-order valence-corrected chi connectivity index (χ4v) is 1.60. The molecular formula is C12H12BrN3O. The number of fused-ring (bicyclic) bond motifs is 1. The van der Waals surface area contributed by atoms with Gasteiger partial charge in [0.15, 0.2) is 0 Å². The van der Waals surface area contributed by atoms with Crippen molar-refractivity contribution in [1.29, 1.82) is 0 Å². The molecule has 0 spiro atoms. The predicted octanol–water partition coefficient (Wildman–Crippen LogP) is 2.14. The van der Waals surface area contributed by atoms with Crippen LogP contribution in [0.25, 0.3) is 11.0 Å². The van der Waals surface area contributed by atoms with Gasteiger partial charge in [-0.3, -0.25) is 14.8 Å². The van der Waals surface area contributed by atoms with Crippen LogP contribution in [0.3, 0.4) is 0 Å². The maximum Gasteiger partial charge on any atom is 0.251 e. The minimum atomic E-state index is -0.0937. The molecule has 4 nitrogen and oxygen atoms in total. The van der Waals surface area contributed by atoms with Crippen LogP contribution in [0.5, 0.6) is 0 Å². The first-order valence-electron chi connectivity index (χ1n) is 5.30. The molecule has 0 aliphatic heterocycles. The fraction of sp³-hybridized carbons (Fsp3) is 0.250. The highest BCUT2D eigenvalue weighted by atomic mass is 79.9. The van der Waals surface area contributed by atoms with E-state index in [4.69, 9.17) is 0 Å². The number of carbonyl (C=O) groups excluding carboxylic acids is 1. The van der Waals surface area contributed by atoms with Crippen molar-refractivity contribution in [2.45, 2.75) is 11.8 Å². The molecule has 5 heteroatoms. The lowest BCUT2D eigenvalue weighted by Crippen LogP contribution is -2.28. The van der Waals surface area contributed by atoms with E-state index in [0.29, 0.717) is 12.1 Å². The second kappa shape index (κ2) is 5.23. The number of nitrogens with one attached hydrogen (secondary N) is 1. The molecular weight excluding hydrogens is 282 g/mol. The molecule has 1 N–H and O–H groups in total. The van der Waals surface area contributed by atoms with E-state index in [1.165, 1.54) is 0 Å². The molecule has 0 fully saturated rings. The van der Waals surface area contributed by atoms with Crippen LogP contribution in [0.1, 0.15) is 17.3 Å². The first-order valence-corrected chi connectivity index (χ1v) is 6.21. The van der Waals surface area contributed by atoms with Crippen molar-refractivity contribution in [2.75, 3.05) is 6.54 Å². The highest BCUT2D eigenvalue weighted by molar-refractivity contribution is 9.09. The number of amides is 1. The van der Waals surface area contributed by atoms with Crippen LogP contribution in [0, 0.1) is 0 Å². The lowest BCUT2D eigenvalue weighted by atomic mass is 10.2. The number of carbonyl (C=O) groups is 1. The Labute approximate surface area is 108 Å². The number of aromatic nitrogens is 2. The largest absolute Gasteiger partial charge is 0.351 e. The molecule has 0 saturated carbocycles. The van der Waals surface area contributed by atoms with Crippen molar-refractivity contribution in [3.05, 3.63) is 36.2 Å². The molecule has 1 amide bonds. The first-order chi connectivity index (χ1) is 8.16. The van der Waals surface area contributed by atoms with Crippen LogP contribution in [0.4, 0.5) is 0 Å². The number of nitrogens with zero attached hydrogens (tertiary/aromatic N) is 2. The van der Waals surface area contributed by atoms with Gasteiger partial charge in [-0.05, 0) is 18.2 Å². The Morgan fingerprint density at radius 3 is 2.76 bits per heavy atom. The van der Waals surface area contributed by atoms with Gasteiger partial charge in [0, 0.05) is 29.3 Å². The average Bonchev–Trinajstić information content (AvgIpc) is 2.35. The Morgan fingerprint density at radius 1 is 1.35 bits per heavy atom. The molecule has 1 aromatic heterocycles. The Hall–Kier alpha value is -1.49. The van der Waals surface area contributed by atoms with Crippen molar-refractivity contribution in [2.24, 2.45) is 0 Å². The molecule has 1 atom stereocenters. The Balaban J connectivity index is 2.21. The van der Waals surface area contributed by atoms with Gasteiger partial charge in [0.1, 0.15) is 0 Å². The van der Waals surface area contributed by atoms with Gasteiger partial charge in [-0.25, -0.2) is 0 Å². The summed E-state index contributed by atoms with van der Waals surface area (Å²) in [7, 11) is 0. The van der Waals surface area contributed by atoms with Gasteiger partial charge in [0.05, 0.1) is 11.0 Å². The monoisotopic (exact) mass is 293 g/mol. The molecule has 1 unspecified atom stereocenters. The quantitative estimate of drug-likeness (QED) is 0.882. The first kappa shape index (κ1) is 12.0. The van der Waals surface area contributed by atoms with E-state index in [9.17, 15) is 4.79 Å². The third-order valence-electron chi connectivity index (χ3n) is 2.28. The van der Waals surface area contributed by atoms with Crippen LogP contribution in [0.15, 0.2) is 30.6 Å². The summed E-state index contributed by atoms with van der Waals surface area (Å²) in [5, 5.41) is 2.83. The maximum absolute atomic E-state index is 11.8. The van der Waals surface area contributed by atoms with Crippen LogP contribution < -0.4 is 5.32 Å². The van der Waals surface area contributed by atoms with E-state index < -0.39 is 0 Å². The number of benzene rings is 1. The Morgan fingerprint density at radius 2 is 2.06 bits per heavy atom. The topological polar surface area (TPSA) is 54.9 Å². The van der Waals surface area contributed by atoms with Gasteiger partial charge in [0.2, 0.25) is 0 Å². The molecule has 0 aliphatic rings. The van der Waals surface area contributed by atoms with Crippen LogP contribution in [-0.2, 0) is 0 Å². The highest BCUT2D eigenvalue weighted by Gasteiger charge is 2.07. The molecule has 88 valence electrons. The van der Waals surface area contributed by atoms with E-state index in [1.807, 2.05) is 6.92 Å². The zero-order valence-corrected chi connectivity index (χ0v) is 10.9. The molecule has 1 heterocycles. The predicted molar refractivity (Wildman–Crippen MR) is 70.3 cm³/mol. The SMILES string of the molecule is CC(Br)CNC(=O)c1ccc2nccnc2c1. The van der Waals surface area contributed by atoms with Gasteiger partial charge in [0.25, 0.3) is 5.91 Å². The summed E-state index contributed by atoms with van der Waals surface area (Å²) < 4.78 is 0. The van der Waals surface area contributed by atoms with Crippen molar-refractivity contribution >= 4 is 32.9 Å². The Kier molecular flexibility index (Phi) is 3.68. The summed E-state index contributed by atoms with van der Waals surface area (Å²) in [4.78, 5) is 20.4. The molecule has 17 heavy (non-hydrogen) atoms. The number of rotatable bonds is 3. The number of hydrogen-bond donors (Lipinski definition) is 1. The molecule has 1 aromatic carbocycles. The molecule has 2 rings (SSSR count). The normalized spacial score (nSPS) is 12.4. The number of hydrogen-bond acceptors (Lipinski definition) is 3. The van der Waals surface area contributed by atoms with Gasteiger partial charge in [-0.2, -0.15) is 0 Å². The summed E-state index contributed by atoms with van der Waals surface area (Å²) in [6, 6.07) is 5.30. The zero-order valence-electron chi connectivity index (χ0n) is 9.35. The zero-order chi connectivity index (χ0) is 12.3. The van der Waals surface area contributed by atoms with Crippen LogP contribution in [-0.4, -0.2) is 27.2 Å². The summed E-state index contributed by atoms with van der Waals surface area (Å²) >= 11 is 3.38. The van der Waals surface area contributed by atoms with Crippen molar-refractivity contribution in [3.63, 3.8) is 0 Å². The lowest BCUT2D eigenvalue weighted by Gasteiger charge is -2.06. The number of halogens is 1. The van der Waals surface area contributed by atoms with E-state index in [2.05, 4.69) is 31.2 Å². The van der Waals surface area contributed by atoms with Gasteiger partial charge in [-0.15, -0.1) is 0 Å². The second-order valence-corrected chi connectivity index (χ2v) is 5.31. The van der Waals surface area contributed by atoms with Crippen LogP contribution in [0.2, 0.25) is 0 Å². The molecule has 0 aliphatic carbocycles. The van der Waals surface area contributed by atoms with Crippen molar-refractivity contribution in [3.8, 4) is 0 Å². The standard InChI is InChI=1S/C12H12BrN3O/c1-8(13)7-16-12(17)9-2-3-10-11(6-9)15-5-4-14-10/h2-6,8H,7H2,1H3,(H,16,17). The molecule has 0 bridgehead atoms. The van der Waals surface area contributed by atoms with Gasteiger partial charge >= 0.3 is 0 Å². The average molecular weight is 294 g/mol.